The lowest BCUT2D eigenvalue weighted by Crippen LogP contribution is -2.30. The number of nitrogens with one attached hydrogen (secondary N) is 1. The summed E-state index contributed by atoms with van der Waals surface area (Å²) in [5, 5.41) is 24.3. The maximum atomic E-state index is 12.3. The Morgan fingerprint density at radius 2 is 1.79 bits per heavy atom. The number of nitrogens with zero attached hydrogens (tertiary/aromatic N) is 2. The third-order valence-corrected chi connectivity index (χ3v) is 3.85. The van der Waals surface area contributed by atoms with Crippen LogP contribution in [0.25, 0.3) is 0 Å². The molecule has 2 aromatic rings. The number of hydrogen-bond donors (Lipinski definition) is 1. The number of methoxy groups -OCH3 is 1. The van der Waals surface area contributed by atoms with E-state index in [1.165, 1.54) is 44.4 Å². The molecule has 152 valence electrons. The first kappa shape index (κ1) is 21.3. The van der Waals surface area contributed by atoms with Gasteiger partial charge in [0.1, 0.15) is 5.75 Å². The Balaban J connectivity index is 2.06. The van der Waals surface area contributed by atoms with Crippen LogP contribution in [0.3, 0.4) is 0 Å². The number of benzene rings is 2. The van der Waals surface area contributed by atoms with Gasteiger partial charge in [-0.1, -0.05) is 18.2 Å². The van der Waals surface area contributed by atoms with Crippen LogP contribution in [0.15, 0.2) is 42.5 Å². The number of non-ortho nitro benzene ring substituents is 1. The van der Waals surface area contributed by atoms with Gasteiger partial charge in [-0.25, -0.2) is 0 Å². The van der Waals surface area contributed by atoms with Crippen LogP contribution in [0.2, 0.25) is 0 Å². The van der Waals surface area contributed by atoms with Crippen molar-refractivity contribution in [3.63, 3.8) is 0 Å². The normalized spacial score (nSPS) is 11.2. The fourth-order valence-electron chi connectivity index (χ4n) is 2.43. The molecule has 0 heterocycles. The molecule has 29 heavy (non-hydrogen) atoms. The van der Waals surface area contributed by atoms with Gasteiger partial charge in [0.15, 0.2) is 6.10 Å². The van der Waals surface area contributed by atoms with Crippen molar-refractivity contribution in [2.24, 2.45) is 0 Å². The zero-order chi connectivity index (χ0) is 21.6. The maximum absolute atomic E-state index is 12.3. The van der Waals surface area contributed by atoms with Crippen LogP contribution in [0.1, 0.15) is 12.5 Å². The van der Waals surface area contributed by atoms with Gasteiger partial charge in [-0.2, -0.15) is 0 Å². The number of carbonyl (C=O) groups is 2. The number of ether oxygens (including phenoxy) is 2. The molecule has 0 spiro atoms. The van der Waals surface area contributed by atoms with E-state index in [9.17, 15) is 29.8 Å². The molecule has 0 fully saturated rings. The number of nitro benzene ring substituents is 2. The van der Waals surface area contributed by atoms with E-state index >= 15 is 0 Å². The van der Waals surface area contributed by atoms with E-state index in [0.29, 0.717) is 0 Å². The molecule has 1 N–H and O–H groups in total. The lowest BCUT2D eigenvalue weighted by Gasteiger charge is -2.15. The summed E-state index contributed by atoms with van der Waals surface area (Å²) in [5.74, 6) is -1.41. The van der Waals surface area contributed by atoms with Crippen LogP contribution in [-0.2, 0) is 20.7 Å². The quantitative estimate of drug-likeness (QED) is 0.401. The van der Waals surface area contributed by atoms with E-state index in [-0.39, 0.29) is 28.4 Å². The van der Waals surface area contributed by atoms with Crippen LogP contribution in [0.5, 0.6) is 5.75 Å². The van der Waals surface area contributed by atoms with Crippen molar-refractivity contribution in [2.45, 2.75) is 19.4 Å². The molecular weight excluding hydrogens is 386 g/mol. The summed E-state index contributed by atoms with van der Waals surface area (Å²) >= 11 is 0. The Morgan fingerprint density at radius 1 is 1.10 bits per heavy atom. The molecule has 2 aromatic carbocycles. The highest BCUT2D eigenvalue weighted by molar-refractivity contribution is 5.96. The Kier molecular flexibility index (Phi) is 6.80. The predicted octanol–water partition coefficient (Wildman–Crippen LogP) is 2.62. The van der Waals surface area contributed by atoms with Crippen molar-refractivity contribution in [1.29, 1.82) is 0 Å². The maximum Gasteiger partial charge on any atom is 0.311 e. The second-order valence-electron chi connectivity index (χ2n) is 5.83. The number of esters is 1. The largest absolute Gasteiger partial charge is 0.495 e. The number of carbonyl (C=O) groups excluding carboxylic acids is 2. The summed E-state index contributed by atoms with van der Waals surface area (Å²) in [6.07, 6.45) is -1.65. The Labute approximate surface area is 164 Å². The van der Waals surface area contributed by atoms with Crippen LogP contribution >= 0.6 is 0 Å². The molecule has 0 aliphatic rings. The van der Waals surface area contributed by atoms with Gasteiger partial charge in [0.2, 0.25) is 0 Å². The van der Waals surface area contributed by atoms with Crippen molar-refractivity contribution in [3.8, 4) is 5.75 Å². The SMILES string of the molecule is COc1ccc([N+](=O)[O-])cc1NC(=O)C(C)OC(=O)Cc1ccccc1[N+](=O)[O-]. The van der Waals surface area contributed by atoms with Crippen molar-refractivity contribution >= 4 is 28.9 Å². The standard InChI is InChI=1S/C18H17N3O8/c1-11(29-17(22)9-12-5-3-4-6-15(12)21(26)27)18(23)19-14-10-13(20(24)25)7-8-16(14)28-2/h3-8,10-11H,9H2,1-2H3,(H,19,23). The van der Waals surface area contributed by atoms with E-state index in [4.69, 9.17) is 9.47 Å². The topological polar surface area (TPSA) is 151 Å². The fourth-order valence-corrected chi connectivity index (χ4v) is 2.43. The highest BCUT2D eigenvalue weighted by Gasteiger charge is 2.23. The van der Waals surface area contributed by atoms with Gasteiger partial charge in [-0.3, -0.25) is 29.8 Å². The van der Waals surface area contributed by atoms with E-state index in [0.717, 1.165) is 6.07 Å². The third-order valence-electron chi connectivity index (χ3n) is 3.85. The minimum Gasteiger partial charge on any atom is -0.495 e. The molecule has 0 radical (unpaired) electrons. The Bertz CT molecular complexity index is 960. The summed E-state index contributed by atoms with van der Waals surface area (Å²) < 4.78 is 10.1. The minimum absolute atomic E-state index is 0.0355. The lowest BCUT2D eigenvalue weighted by atomic mass is 10.1. The van der Waals surface area contributed by atoms with Gasteiger partial charge in [0.05, 0.1) is 29.1 Å². The molecule has 1 amide bonds. The zero-order valence-electron chi connectivity index (χ0n) is 15.5. The van der Waals surface area contributed by atoms with Gasteiger partial charge in [-0.05, 0) is 13.0 Å². The summed E-state index contributed by atoms with van der Waals surface area (Å²) in [5.41, 5.74) is -0.311. The first-order valence-corrected chi connectivity index (χ1v) is 8.28. The number of amides is 1. The summed E-state index contributed by atoms with van der Waals surface area (Å²) in [7, 11) is 1.33. The first-order valence-electron chi connectivity index (χ1n) is 8.28. The highest BCUT2D eigenvalue weighted by atomic mass is 16.6. The van der Waals surface area contributed by atoms with E-state index < -0.39 is 34.2 Å². The number of para-hydroxylation sites is 1. The van der Waals surface area contributed by atoms with Crippen LogP contribution in [0.4, 0.5) is 17.1 Å². The smallest absolute Gasteiger partial charge is 0.311 e. The van der Waals surface area contributed by atoms with Crippen molar-refractivity contribution in [3.05, 3.63) is 68.3 Å². The molecule has 2 rings (SSSR count). The van der Waals surface area contributed by atoms with Crippen molar-refractivity contribution < 1.29 is 28.9 Å². The second kappa shape index (κ2) is 9.26. The van der Waals surface area contributed by atoms with E-state index in [1.54, 1.807) is 6.07 Å². The molecule has 0 bridgehead atoms. The Hall–Kier alpha value is -4.02. The van der Waals surface area contributed by atoms with Crippen LogP contribution in [0, 0.1) is 20.2 Å². The predicted molar refractivity (Wildman–Crippen MR) is 101 cm³/mol. The Morgan fingerprint density at radius 3 is 2.41 bits per heavy atom. The van der Waals surface area contributed by atoms with Gasteiger partial charge >= 0.3 is 5.97 Å². The number of nitro groups is 2. The van der Waals surface area contributed by atoms with E-state index in [1.807, 2.05) is 0 Å². The van der Waals surface area contributed by atoms with Crippen molar-refractivity contribution in [2.75, 3.05) is 12.4 Å². The molecule has 11 heteroatoms. The van der Waals surface area contributed by atoms with Gasteiger partial charge < -0.3 is 14.8 Å². The monoisotopic (exact) mass is 403 g/mol. The molecule has 0 saturated carbocycles. The molecule has 11 nitrogen and oxygen atoms in total. The van der Waals surface area contributed by atoms with E-state index in [2.05, 4.69) is 5.32 Å². The molecule has 1 atom stereocenters. The van der Waals surface area contributed by atoms with Gasteiger partial charge in [-0.15, -0.1) is 0 Å². The molecule has 0 aromatic heterocycles. The molecular formula is C18H17N3O8. The fraction of sp³-hybridized carbons (Fsp3) is 0.222. The van der Waals surface area contributed by atoms with Gasteiger partial charge in [0.25, 0.3) is 17.3 Å². The van der Waals surface area contributed by atoms with Crippen molar-refractivity contribution in [1.82, 2.24) is 0 Å². The van der Waals surface area contributed by atoms with Crippen LogP contribution in [-0.4, -0.2) is 34.9 Å². The summed E-state index contributed by atoms with van der Waals surface area (Å²) in [6.45, 7) is 1.30. The molecule has 0 aliphatic carbocycles. The molecule has 0 aliphatic heterocycles. The average molecular weight is 403 g/mol. The highest BCUT2D eigenvalue weighted by Crippen LogP contribution is 2.29. The number of rotatable bonds is 8. The summed E-state index contributed by atoms with van der Waals surface area (Å²) in [6, 6.07) is 9.32. The zero-order valence-corrected chi connectivity index (χ0v) is 15.5. The average Bonchev–Trinajstić information content (AvgIpc) is 2.67. The lowest BCUT2D eigenvalue weighted by molar-refractivity contribution is -0.385. The second-order valence-corrected chi connectivity index (χ2v) is 5.83. The first-order chi connectivity index (χ1) is 13.7. The third kappa shape index (κ3) is 5.48. The van der Waals surface area contributed by atoms with Crippen LogP contribution < -0.4 is 10.1 Å². The summed E-state index contributed by atoms with van der Waals surface area (Å²) in [4.78, 5) is 45.0. The number of anilines is 1. The number of hydrogen-bond acceptors (Lipinski definition) is 8. The minimum atomic E-state index is -1.26. The molecule has 0 saturated heterocycles. The molecule has 1 unspecified atom stereocenters. The van der Waals surface area contributed by atoms with Gasteiger partial charge in [0, 0.05) is 23.8 Å².